The van der Waals surface area contributed by atoms with Crippen LogP contribution in [0.15, 0.2) is 43.6 Å². The highest BCUT2D eigenvalue weighted by Gasteiger charge is 2.27. The molecule has 0 N–H and O–H groups in total. The minimum absolute atomic E-state index is 0.136. The van der Waals surface area contributed by atoms with Crippen molar-refractivity contribution in [3.05, 3.63) is 55.2 Å². The van der Waals surface area contributed by atoms with Crippen LogP contribution in [0.4, 0.5) is 0 Å². The molecular formula is C16H19N5O2. The molecule has 3 heterocycles. The van der Waals surface area contributed by atoms with Crippen LogP contribution in [0, 0.1) is 5.92 Å². The van der Waals surface area contributed by atoms with Gasteiger partial charge in [-0.3, -0.25) is 9.78 Å². The van der Waals surface area contributed by atoms with E-state index < -0.39 is 0 Å². The van der Waals surface area contributed by atoms with E-state index in [4.69, 9.17) is 4.74 Å². The first-order valence-corrected chi connectivity index (χ1v) is 7.52. The summed E-state index contributed by atoms with van der Waals surface area (Å²) in [7, 11) is 0. The second-order valence-electron chi connectivity index (χ2n) is 5.46. The van der Waals surface area contributed by atoms with Gasteiger partial charge in [0.25, 0.3) is 5.91 Å². The van der Waals surface area contributed by atoms with Gasteiger partial charge in [-0.25, -0.2) is 9.97 Å². The zero-order chi connectivity index (χ0) is 16.1. The summed E-state index contributed by atoms with van der Waals surface area (Å²) in [6, 6.07) is 0. The highest BCUT2D eigenvalue weighted by Crippen LogP contribution is 2.17. The van der Waals surface area contributed by atoms with Crippen LogP contribution >= 0.6 is 0 Å². The third-order valence-electron chi connectivity index (χ3n) is 3.73. The lowest BCUT2D eigenvalue weighted by atomic mass is 10.1. The number of aromatic nitrogens is 4. The molecule has 3 rings (SSSR count). The van der Waals surface area contributed by atoms with Gasteiger partial charge in [0.05, 0.1) is 26.0 Å². The molecule has 0 aromatic carbocycles. The van der Waals surface area contributed by atoms with E-state index in [0.717, 1.165) is 12.4 Å². The maximum absolute atomic E-state index is 12.7. The monoisotopic (exact) mass is 313 g/mol. The van der Waals surface area contributed by atoms with Gasteiger partial charge in [-0.2, -0.15) is 0 Å². The van der Waals surface area contributed by atoms with E-state index in [9.17, 15) is 4.79 Å². The van der Waals surface area contributed by atoms with Crippen LogP contribution in [-0.4, -0.2) is 50.1 Å². The van der Waals surface area contributed by atoms with Gasteiger partial charge in [-0.15, -0.1) is 6.58 Å². The van der Waals surface area contributed by atoms with E-state index in [2.05, 4.69) is 26.1 Å². The molecule has 0 aliphatic carbocycles. The van der Waals surface area contributed by atoms with Crippen molar-refractivity contribution in [2.75, 3.05) is 19.8 Å². The molecule has 0 bridgehead atoms. The summed E-state index contributed by atoms with van der Waals surface area (Å²) in [6.07, 6.45) is 9.98. The number of imidazole rings is 1. The molecule has 2 aromatic heterocycles. The summed E-state index contributed by atoms with van der Waals surface area (Å²) in [5.41, 5.74) is 0.346. The molecule has 0 saturated heterocycles. The first-order chi connectivity index (χ1) is 11.3. The quantitative estimate of drug-likeness (QED) is 0.611. The van der Waals surface area contributed by atoms with E-state index in [1.165, 1.54) is 12.4 Å². The van der Waals surface area contributed by atoms with Crippen molar-refractivity contribution in [3.63, 3.8) is 0 Å². The molecule has 0 spiro atoms. The summed E-state index contributed by atoms with van der Waals surface area (Å²) in [4.78, 5) is 26.9. The van der Waals surface area contributed by atoms with Crippen molar-refractivity contribution in [1.29, 1.82) is 0 Å². The average molecular weight is 313 g/mol. The Hall–Kier alpha value is -2.54. The Morgan fingerprint density at radius 2 is 2.26 bits per heavy atom. The second-order valence-corrected chi connectivity index (χ2v) is 5.46. The van der Waals surface area contributed by atoms with Crippen molar-refractivity contribution < 1.29 is 9.53 Å². The number of hydrogen-bond donors (Lipinski definition) is 0. The van der Waals surface area contributed by atoms with Gasteiger partial charge < -0.3 is 14.2 Å². The first kappa shape index (κ1) is 15.4. The fraction of sp³-hybridized carbons (Fsp3) is 0.375. The number of fused-ring (bicyclic) bond motifs is 1. The lowest BCUT2D eigenvalue weighted by molar-refractivity contribution is 0.0632. The van der Waals surface area contributed by atoms with Gasteiger partial charge in [-0.05, 0) is 0 Å². The van der Waals surface area contributed by atoms with Crippen LogP contribution in [-0.2, 0) is 17.8 Å². The number of amides is 1. The van der Waals surface area contributed by atoms with E-state index in [1.54, 1.807) is 23.4 Å². The van der Waals surface area contributed by atoms with E-state index in [1.807, 2.05) is 6.20 Å². The average Bonchev–Trinajstić information content (AvgIpc) is 2.94. The molecule has 1 atom stereocenters. The van der Waals surface area contributed by atoms with E-state index >= 15 is 0 Å². The van der Waals surface area contributed by atoms with Gasteiger partial charge in [-0.1, -0.05) is 6.08 Å². The number of rotatable bonds is 5. The number of carbonyl (C=O) groups is 1. The highest BCUT2D eigenvalue weighted by molar-refractivity contribution is 5.91. The number of ether oxygens (including phenoxy) is 1. The standard InChI is InChI=1S/C16H19N5O2/c1-2-7-23-12-13-9-20-6-5-19-15(20)11-21(10-13)16(22)14-8-17-3-4-18-14/h2-6,8,13H,1,7,9-12H2. The number of carbonyl (C=O) groups excluding carboxylic acids is 1. The lowest BCUT2D eigenvalue weighted by Crippen LogP contribution is -2.36. The molecule has 1 amide bonds. The minimum atomic E-state index is -0.136. The van der Waals surface area contributed by atoms with Gasteiger partial charge in [0.2, 0.25) is 0 Å². The third-order valence-corrected chi connectivity index (χ3v) is 3.73. The Labute approximate surface area is 134 Å². The second kappa shape index (κ2) is 7.15. The zero-order valence-corrected chi connectivity index (χ0v) is 12.8. The predicted molar refractivity (Wildman–Crippen MR) is 83.5 cm³/mol. The number of hydrogen-bond acceptors (Lipinski definition) is 5. The van der Waals surface area contributed by atoms with Gasteiger partial charge in [0, 0.05) is 43.8 Å². The summed E-state index contributed by atoms with van der Waals surface area (Å²) in [5.74, 6) is 0.919. The maximum Gasteiger partial charge on any atom is 0.274 e. The molecule has 1 aliphatic rings. The normalized spacial score (nSPS) is 17.4. The van der Waals surface area contributed by atoms with Crippen molar-refractivity contribution in [2.24, 2.45) is 5.92 Å². The Morgan fingerprint density at radius 3 is 3.04 bits per heavy atom. The van der Waals surface area contributed by atoms with Gasteiger partial charge in [0.15, 0.2) is 0 Å². The van der Waals surface area contributed by atoms with Crippen molar-refractivity contribution in [1.82, 2.24) is 24.4 Å². The summed E-state index contributed by atoms with van der Waals surface area (Å²) in [5, 5.41) is 0. The molecule has 7 nitrogen and oxygen atoms in total. The molecule has 7 heteroatoms. The molecule has 0 fully saturated rings. The lowest BCUT2D eigenvalue weighted by Gasteiger charge is -2.23. The van der Waals surface area contributed by atoms with Crippen LogP contribution in [0.5, 0.6) is 0 Å². The van der Waals surface area contributed by atoms with Crippen LogP contribution in [0.25, 0.3) is 0 Å². The number of nitrogens with zero attached hydrogens (tertiary/aromatic N) is 5. The smallest absolute Gasteiger partial charge is 0.274 e. The predicted octanol–water partition coefficient (Wildman–Crippen LogP) is 1.15. The summed E-state index contributed by atoms with van der Waals surface area (Å²) in [6.45, 7) is 6.55. The molecular weight excluding hydrogens is 294 g/mol. The Morgan fingerprint density at radius 1 is 1.35 bits per heavy atom. The molecule has 23 heavy (non-hydrogen) atoms. The van der Waals surface area contributed by atoms with Crippen molar-refractivity contribution in [2.45, 2.75) is 13.1 Å². The van der Waals surface area contributed by atoms with Crippen LogP contribution in [0.2, 0.25) is 0 Å². The Bertz CT molecular complexity index is 670. The fourth-order valence-electron chi connectivity index (χ4n) is 2.69. The first-order valence-electron chi connectivity index (χ1n) is 7.52. The van der Waals surface area contributed by atoms with Crippen LogP contribution < -0.4 is 0 Å². The summed E-state index contributed by atoms with van der Waals surface area (Å²) < 4.78 is 7.66. The summed E-state index contributed by atoms with van der Waals surface area (Å²) >= 11 is 0. The van der Waals surface area contributed by atoms with Crippen LogP contribution in [0.3, 0.4) is 0 Å². The Kier molecular flexibility index (Phi) is 4.77. The van der Waals surface area contributed by atoms with E-state index in [-0.39, 0.29) is 11.8 Å². The van der Waals surface area contributed by atoms with Crippen LogP contribution in [0.1, 0.15) is 16.3 Å². The molecule has 2 aromatic rings. The zero-order valence-electron chi connectivity index (χ0n) is 12.8. The molecule has 1 aliphatic heterocycles. The van der Waals surface area contributed by atoms with E-state index in [0.29, 0.717) is 32.0 Å². The van der Waals surface area contributed by atoms with Crippen molar-refractivity contribution >= 4 is 5.91 Å². The van der Waals surface area contributed by atoms with Gasteiger partial charge >= 0.3 is 0 Å². The molecule has 0 radical (unpaired) electrons. The molecule has 0 saturated carbocycles. The third kappa shape index (κ3) is 3.62. The Balaban J connectivity index is 1.79. The minimum Gasteiger partial charge on any atom is -0.377 e. The largest absolute Gasteiger partial charge is 0.377 e. The fourth-order valence-corrected chi connectivity index (χ4v) is 2.69. The van der Waals surface area contributed by atoms with Crippen molar-refractivity contribution in [3.8, 4) is 0 Å². The topological polar surface area (TPSA) is 73.1 Å². The SMILES string of the molecule is C=CCOCC1CN(C(=O)c2cnccn2)Cc2nccn2C1. The van der Waals surface area contributed by atoms with Gasteiger partial charge in [0.1, 0.15) is 11.5 Å². The highest BCUT2D eigenvalue weighted by atomic mass is 16.5. The molecule has 1 unspecified atom stereocenters. The maximum atomic E-state index is 12.7. The molecule has 120 valence electrons.